The largest absolute Gasteiger partial charge is 0.332 e. The first-order chi connectivity index (χ1) is 13.3. The first-order valence-electron chi connectivity index (χ1n) is 9.46. The topological polar surface area (TPSA) is 74.8 Å². The molecular formula is C22H25N5O. The van der Waals surface area contributed by atoms with Gasteiger partial charge in [-0.3, -0.25) is 4.79 Å². The average Bonchev–Trinajstić information content (AvgIpc) is 3.08. The van der Waals surface area contributed by atoms with E-state index in [-0.39, 0.29) is 18.0 Å². The van der Waals surface area contributed by atoms with Gasteiger partial charge in [-0.05, 0) is 58.4 Å². The highest BCUT2D eigenvalue weighted by Crippen LogP contribution is 2.22. The summed E-state index contributed by atoms with van der Waals surface area (Å²) in [7, 11) is 0. The zero-order valence-corrected chi connectivity index (χ0v) is 17.0. The van der Waals surface area contributed by atoms with E-state index in [0.29, 0.717) is 23.4 Å². The molecule has 0 N–H and O–H groups in total. The lowest BCUT2D eigenvalue weighted by Gasteiger charge is -2.27. The summed E-state index contributed by atoms with van der Waals surface area (Å²) in [4.78, 5) is 19.8. The maximum atomic E-state index is 13.3. The Morgan fingerprint density at radius 3 is 2.46 bits per heavy atom. The first-order valence-corrected chi connectivity index (χ1v) is 9.46. The molecular weight excluding hydrogens is 350 g/mol. The van der Waals surface area contributed by atoms with Gasteiger partial charge in [-0.1, -0.05) is 12.1 Å². The van der Waals surface area contributed by atoms with Crippen LogP contribution in [0.25, 0.3) is 11.0 Å². The fourth-order valence-electron chi connectivity index (χ4n) is 3.19. The van der Waals surface area contributed by atoms with Crippen LogP contribution >= 0.6 is 0 Å². The van der Waals surface area contributed by atoms with Gasteiger partial charge < -0.3 is 4.90 Å². The maximum Gasteiger partial charge on any atom is 0.256 e. The highest BCUT2D eigenvalue weighted by Gasteiger charge is 2.23. The first kappa shape index (κ1) is 19.6. The minimum absolute atomic E-state index is 0.0247. The molecule has 1 aromatic carbocycles. The Morgan fingerprint density at radius 1 is 1.21 bits per heavy atom. The highest BCUT2D eigenvalue weighted by molar-refractivity contribution is 5.98. The number of hydrogen-bond acceptors (Lipinski definition) is 4. The zero-order valence-electron chi connectivity index (χ0n) is 17.0. The molecule has 2 aromatic heterocycles. The molecule has 0 bridgehead atoms. The summed E-state index contributed by atoms with van der Waals surface area (Å²) in [5, 5.41) is 14.2. The third-order valence-corrected chi connectivity index (χ3v) is 4.80. The third-order valence-electron chi connectivity index (χ3n) is 4.80. The van der Waals surface area contributed by atoms with Crippen LogP contribution in [0.15, 0.2) is 36.5 Å². The van der Waals surface area contributed by atoms with Crippen LogP contribution in [0.5, 0.6) is 0 Å². The van der Waals surface area contributed by atoms with Crippen molar-refractivity contribution in [3.05, 3.63) is 58.9 Å². The Kier molecular flexibility index (Phi) is 5.46. The van der Waals surface area contributed by atoms with E-state index in [1.165, 1.54) is 0 Å². The van der Waals surface area contributed by atoms with E-state index in [9.17, 15) is 4.79 Å². The van der Waals surface area contributed by atoms with Crippen molar-refractivity contribution >= 4 is 16.9 Å². The molecule has 0 radical (unpaired) electrons. The van der Waals surface area contributed by atoms with Crippen LogP contribution in [0, 0.1) is 18.3 Å². The number of fused-ring (bicyclic) bond motifs is 1. The van der Waals surface area contributed by atoms with Gasteiger partial charge in [0.2, 0.25) is 0 Å². The number of nitrogens with zero attached hydrogens (tertiary/aromatic N) is 5. The molecule has 0 saturated heterocycles. The normalized spacial score (nSPS) is 11.2. The molecule has 0 aliphatic rings. The number of carbonyl (C=O) groups is 1. The van der Waals surface area contributed by atoms with Crippen molar-refractivity contribution < 1.29 is 4.79 Å². The third kappa shape index (κ3) is 3.74. The quantitative estimate of drug-likeness (QED) is 0.668. The number of amides is 1. The van der Waals surface area contributed by atoms with Crippen molar-refractivity contribution in [1.82, 2.24) is 19.7 Å². The van der Waals surface area contributed by atoms with E-state index < -0.39 is 0 Å². The summed E-state index contributed by atoms with van der Waals surface area (Å²) in [6.07, 6.45) is 1.76. The second-order valence-corrected chi connectivity index (χ2v) is 7.55. The van der Waals surface area contributed by atoms with Gasteiger partial charge in [0.1, 0.15) is 0 Å². The van der Waals surface area contributed by atoms with Crippen molar-refractivity contribution in [2.24, 2.45) is 0 Å². The van der Waals surface area contributed by atoms with Crippen molar-refractivity contribution in [2.75, 3.05) is 0 Å². The number of carbonyl (C=O) groups excluding carboxylic acids is 1. The molecule has 2 heterocycles. The predicted octanol–water partition coefficient (Wildman–Crippen LogP) is 4.24. The van der Waals surface area contributed by atoms with Crippen LogP contribution in [0.3, 0.4) is 0 Å². The van der Waals surface area contributed by atoms with Crippen molar-refractivity contribution in [1.29, 1.82) is 5.26 Å². The number of nitriles is 1. The lowest BCUT2D eigenvalue weighted by molar-refractivity contribution is 0.0689. The molecule has 144 valence electrons. The van der Waals surface area contributed by atoms with Gasteiger partial charge in [-0.25, -0.2) is 9.67 Å². The minimum Gasteiger partial charge on any atom is -0.332 e. The minimum atomic E-state index is -0.0523. The maximum absolute atomic E-state index is 13.3. The number of aromatic nitrogens is 3. The molecule has 6 heteroatoms. The second kappa shape index (κ2) is 7.81. The molecule has 0 saturated carbocycles. The summed E-state index contributed by atoms with van der Waals surface area (Å²) in [5.41, 5.74) is 3.69. The fraction of sp³-hybridized carbons (Fsp3) is 0.364. The summed E-state index contributed by atoms with van der Waals surface area (Å²) < 4.78 is 1.87. The Balaban J connectivity index is 1.94. The van der Waals surface area contributed by atoms with E-state index in [1.54, 1.807) is 18.3 Å². The molecule has 6 nitrogen and oxygen atoms in total. The standard InChI is InChI=1S/C22H25N5O/c1-14(2)26(13-18-8-6-17(11-23)7-9-18)22(28)20-10-19-12-24-27(15(3)4)21(19)25-16(20)5/h6-10,12,14-15H,13H2,1-5H3. The van der Waals surface area contributed by atoms with Crippen LogP contribution in [0.4, 0.5) is 0 Å². The lowest BCUT2D eigenvalue weighted by atomic mass is 10.1. The average molecular weight is 375 g/mol. The summed E-state index contributed by atoms with van der Waals surface area (Å²) >= 11 is 0. The van der Waals surface area contributed by atoms with E-state index in [2.05, 4.69) is 30.0 Å². The number of rotatable bonds is 5. The van der Waals surface area contributed by atoms with Gasteiger partial charge in [0.25, 0.3) is 5.91 Å². The van der Waals surface area contributed by atoms with Crippen molar-refractivity contribution in [3.8, 4) is 6.07 Å². The Hall–Kier alpha value is -3.20. The molecule has 0 fully saturated rings. The van der Waals surface area contributed by atoms with Gasteiger partial charge >= 0.3 is 0 Å². The zero-order chi connectivity index (χ0) is 20.4. The molecule has 0 atom stereocenters. The monoisotopic (exact) mass is 375 g/mol. The molecule has 0 spiro atoms. The SMILES string of the molecule is Cc1nc2c(cnn2C(C)C)cc1C(=O)N(Cc1ccc(C#N)cc1)C(C)C. The number of benzene rings is 1. The Morgan fingerprint density at radius 2 is 1.89 bits per heavy atom. The molecule has 1 amide bonds. The summed E-state index contributed by atoms with van der Waals surface area (Å²) in [5.74, 6) is -0.0523. The second-order valence-electron chi connectivity index (χ2n) is 7.55. The number of hydrogen-bond donors (Lipinski definition) is 0. The Labute approximate surface area is 165 Å². The van der Waals surface area contributed by atoms with Gasteiger partial charge in [0.05, 0.1) is 29.1 Å². The van der Waals surface area contributed by atoms with Gasteiger partial charge in [0.15, 0.2) is 5.65 Å². The Bertz CT molecular complexity index is 1040. The van der Waals surface area contributed by atoms with E-state index in [1.807, 2.05) is 48.6 Å². The van der Waals surface area contributed by atoms with Crippen LogP contribution < -0.4 is 0 Å². The smallest absolute Gasteiger partial charge is 0.256 e. The number of aryl methyl sites for hydroxylation is 1. The fourth-order valence-corrected chi connectivity index (χ4v) is 3.19. The van der Waals surface area contributed by atoms with E-state index in [4.69, 9.17) is 5.26 Å². The molecule has 0 aliphatic carbocycles. The van der Waals surface area contributed by atoms with E-state index >= 15 is 0 Å². The van der Waals surface area contributed by atoms with Gasteiger partial charge in [-0.2, -0.15) is 10.4 Å². The molecule has 28 heavy (non-hydrogen) atoms. The van der Waals surface area contributed by atoms with Crippen molar-refractivity contribution in [3.63, 3.8) is 0 Å². The van der Waals surface area contributed by atoms with Gasteiger partial charge in [-0.15, -0.1) is 0 Å². The summed E-state index contributed by atoms with van der Waals surface area (Å²) in [6.45, 7) is 10.5. The van der Waals surface area contributed by atoms with E-state index in [0.717, 1.165) is 16.6 Å². The van der Waals surface area contributed by atoms with Gasteiger partial charge in [0, 0.05) is 24.0 Å². The van der Waals surface area contributed by atoms with Crippen LogP contribution in [0.1, 0.15) is 60.9 Å². The molecule has 3 rings (SSSR count). The van der Waals surface area contributed by atoms with Crippen LogP contribution in [-0.4, -0.2) is 31.6 Å². The van der Waals surface area contributed by atoms with Crippen molar-refractivity contribution in [2.45, 2.75) is 53.2 Å². The predicted molar refractivity (Wildman–Crippen MR) is 109 cm³/mol. The molecule has 0 unspecified atom stereocenters. The number of pyridine rings is 1. The van der Waals surface area contributed by atoms with Crippen LogP contribution in [-0.2, 0) is 6.54 Å². The lowest BCUT2D eigenvalue weighted by Crippen LogP contribution is -2.36. The molecule has 3 aromatic rings. The molecule has 0 aliphatic heterocycles. The highest BCUT2D eigenvalue weighted by atomic mass is 16.2. The summed E-state index contributed by atoms with van der Waals surface area (Å²) in [6, 6.07) is 11.6. The van der Waals surface area contributed by atoms with Crippen LogP contribution in [0.2, 0.25) is 0 Å².